The molecule has 106 valence electrons. The first-order chi connectivity index (χ1) is 9.74. The van der Waals surface area contributed by atoms with Gasteiger partial charge in [0.05, 0.1) is 20.0 Å². The summed E-state index contributed by atoms with van der Waals surface area (Å²) in [6.07, 6.45) is 1.34. The molecule has 6 heteroatoms. The number of hydrogen-bond acceptors (Lipinski definition) is 5. The second-order valence-corrected chi connectivity index (χ2v) is 4.22. The van der Waals surface area contributed by atoms with Gasteiger partial charge >= 0.3 is 0 Å². The molecule has 0 unspecified atom stereocenters. The Bertz CT molecular complexity index is 625. The number of benzene rings is 1. The standard InChI is InChI=1S/C14H17N3O3/c1-19-8-11-5-3-4-10(6-11)7-15-13-12(20-2)14(18)17-9-16-13/h3-6,9H,7-8H2,1-2H3,(H2,15,16,17,18). The van der Waals surface area contributed by atoms with E-state index < -0.39 is 0 Å². The zero-order valence-corrected chi connectivity index (χ0v) is 11.5. The lowest BCUT2D eigenvalue weighted by Crippen LogP contribution is -2.14. The highest BCUT2D eigenvalue weighted by Crippen LogP contribution is 2.16. The molecule has 1 aromatic carbocycles. The molecule has 0 bridgehead atoms. The number of anilines is 1. The first kappa shape index (κ1) is 14.1. The third kappa shape index (κ3) is 3.36. The van der Waals surface area contributed by atoms with E-state index >= 15 is 0 Å². The molecular formula is C14H17N3O3. The van der Waals surface area contributed by atoms with Crippen LogP contribution < -0.4 is 15.6 Å². The van der Waals surface area contributed by atoms with Crippen molar-refractivity contribution in [2.24, 2.45) is 0 Å². The van der Waals surface area contributed by atoms with E-state index in [4.69, 9.17) is 9.47 Å². The Morgan fingerprint density at radius 3 is 2.85 bits per heavy atom. The molecule has 0 spiro atoms. The molecule has 0 saturated carbocycles. The highest BCUT2D eigenvalue weighted by atomic mass is 16.5. The molecule has 0 saturated heterocycles. The van der Waals surface area contributed by atoms with Crippen molar-refractivity contribution in [1.29, 1.82) is 0 Å². The quantitative estimate of drug-likeness (QED) is 0.836. The van der Waals surface area contributed by atoms with Crippen LogP contribution in [0.2, 0.25) is 0 Å². The molecule has 0 fully saturated rings. The van der Waals surface area contributed by atoms with E-state index in [0.29, 0.717) is 19.0 Å². The molecule has 0 radical (unpaired) electrons. The fourth-order valence-corrected chi connectivity index (χ4v) is 1.88. The lowest BCUT2D eigenvalue weighted by molar-refractivity contribution is 0.185. The van der Waals surface area contributed by atoms with E-state index in [9.17, 15) is 4.79 Å². The first-order valence-electron chi connectivity index (χ1n) is 6.17. The maximum absolute atomic E-state index is 11.5. The van der Waals surface area contributed by atoms with Crippen molar-refractivity contribution >= 4 is 5.82 Å². The van der Waals surface area contributed by atoms with E-state index in [2.05, 4.69) is 15.3 Å². The van der Waals surface area contributed by atoms with Gasteiger partial charge in [0.15, 0.2) is 5.82 Å². The van der Waals surface area contributed by atoms with Gasteiger partial charge in [-0.3, -0.25) is 4.79 Å². The minimum absolute atomic E-state index is 0.181. The van der Waals surface area contributed by atoms with E-state index in [1.54, 1.807) is 7.11 Å². The maximum atomic E-state index is 11.5. The summed E-state index contributed by atoms with van der Waals surface area (Å²) in [5.41, 5.74) is 1.86. The van der Waals surface area contributed by atoms with Crippen LogP contribution >= 0.6 is 0 Å². The molecule has 0 aliphatic carbocycles. The van der Waals surface area contributed by atoms with Crippen LogP contribution in [-0.4, -0.2) is 24.2 Å². The average molecular weight is 275 g/mol. The summed E-state index contributed by atoms with van der Waals surface area (Å²) in [4.78, 5) is 18.1. The second-order valence-electron chi connectivity index (χ2n) is 4.22. The summed E-state index contributed by atoms with van der Waals surface area (Å²) in [6, 6.07) is 7.99. The minimum atomic E-state index is -0.307. The topological polar surface area (TPSA) is 76.2 Å². The van der Waals surface area contributed by atoms with Crippen molar-refractivity contribution in [3.63, 3.8) is 0 Å². The van der Waals surface area contributed by atoms with Crippen molar-refractivity contribution < 1.29 is 9.47 Å². The highest BCUT2D eigenvalue weighted by molar-refractivity contribution is 5.48. The molecule has 0 aliphatic rings. The van der Waals surface area contributed by atoms with Gasteiger partial charge in [0.2, 0.25) is 5.75 Å². The lowest BCUT2D eigenvalue weighted by atomic mass is 10.1. The van der Waals surface area contributed by atoms with Gasteiger partial charge in [0.1, 0.15) is 0 Å². The molecule has 1 aromatic heterocycles. The molecule has 0 aliphatic heterocycles. The van der Waals surface area contributed by atoms with Gasteiger partial charge in [0.25, 0.3) is 5.56 Å². The number of aromatic amines is 1. The van der Waals surface area contributed by atoms with Gasteiger partial charge in [-0.1, -0.05) is 24.3 Å². The summed E-state index contributed by atoms with van der Waals surface area (Å²) in [5.74, 6) is 0.606. The van der Waals surface area contributed by atoms with Crippen LogP contribution in [0.25, 0.3) is 0 Å². The Morgan fingerprint density at radius 2 is 2.10 bits per heavy atom. The number of hydrogen-bond donors (Lipinski definition) is 2. The van der Waals surface area contributed by atoms with Gasteiger partial charge in [-0.15, -0.1) is 0 Å². The molecule has 2 rings (SSSR count). The minimum Gasteiger partial charge on any atom is -0.489 e. The first-order valence-corrected chi connectivity index (χ1v) is 6.17. The molecule has 20 heavy (non-hydrogen) atoms. The summed E-state index contributed by atoms with van der Waals surface area (Å²) in [6.45, 7) is 1.12. The number of nitrogens with zero attached hydrogens (tertiary/aromatic N) is 1. The summed E-state index contributed by atoms with van der Waals surface area (Å²) in [7, 11) is 3.10. The van der Waals surface area contributed by atoms with Crippen LogP contribution in [0.4, 0.5) is 5.82 Å². The van der Waals surface area contributed by atoms with Crippen molar-refractivity contribution in [2.45, 2.75) is 13.2 Å². The van der Waals surface area contributed by atoms with Gasteiger partial charge in [-0.05, 0) is 11.1 Å². The Hall–Kier alpha value is -2.34. The van der Waals surface area contributed by atoms with E-state index in [-0.39, 0.29) is 11.3 Å². The summed E-state index contributed by atoms with van der Waals surface area (Å²) < 4.78 is 10.1. The Labute approximate surface area is 116 Å². The summed E-state index contributed by atoms with van der Waals surface area (Å²) >= 11 is 0. The fourth-order valence-electron chi connectivity index (χ4n) is 1.88. The Balaban J connectivity index is 2.11. The number of aromatic nitrogens is 2. The van der Waals surface area contributed by atoms with E-state index in [1.165, 1.54) is 13.4 Å². The highest BCUT2D eigenvalue weighted by Gasteiger charge is 2.08. The third-order valence-corrected chi connectivity index (χ3v) is 2.78. The van der Waals surface area contributed by atoms with Crippen LogP contribution in [0, 0.1) is 0 Å². The van der Waals surface area contributed by atoms with Crippen molar-refractivity contribution in [3.05, 3.63) is 52.1 Å². The zero-order chi connectivity index (χ0) is 14.4. The van der Waals surface area contributed by atoms with Crippen LogP contribution in [0.3, 0.4) is 0 Å². The molecule has 6 nitrogen and oxygen atoms in total. The predicted molar refractivity (Wildman–Crippen MR) is 75.9 cm³/mol. The number of methoxy groups -OCH3 is 2. The van der Waals surface area contributed by atoms with Gasteiger partial charge < -0.3 is 19.8 Å². The number of ether oxygens (including phenoxy) is 2. The molecule has 0 amide bonds. The molecule has 1 heterocycles. The average Bonchev–Trinajstić information content (AvgIpc) is 2.46. The zero-order valence-electron chi connectivity index (χ0n) is 11.5. The Morgan fingerprint density at radius 1 is 1.30 bits per heavy atom. The van der Waals surface area contributed by atoms with Gasteiger partial charge in [-0.25, -0.2) is 4.98 Å². The molecule has 0 atom stereocenters. The SMILES string of the molecule is COCc1cccc(CNc2nc[nH]c(=O)c2OC)c1. The smallest absolute Gasteiger partial charge is 0.295 e. The van der Waals surface area contributed by atoms with Gasteiger partial charge in [-0.2, -0.15) is 0 Å². The van der Waals surface area contributed by atoms with Crippen molar-refractivity contribution in [2.75, 3.05) is 19.5 Å². The van der Waals surface area contributed by atoms with E-state index in [1.807, 2.05) is 24.3 Å². The van der Waals surface area contributed by atoms with Crippen LogP contribution in [0.5, 0.6) is 5.75 Å². The lowest BCUT2D eigenvalue weighted by Gasteiger charge is -2.09. The Kier molecular flexibility index (Phi) is 4.73. The normalized spacial score (nSPS) is 10.3. The van der Waals surface area contributed by atoms with Crippen molar-refractivity contribution in [3.8, 4) is 5.75 Å². The second kappa shape index (κ2) is 6.72. The molecular weight excluding hydrogens is 258 g/mol. The number of rotatable bonds is 6. The maximum Gasteiger partial charge on any atom is 0.295 e. The number of nitrogens with one attached hydrogen (secondary N) is 2. The van der Waals surface area contributed by atoms with Crippen LogP contribution in [0.15, 0.2) is 35.4 Å². The monoisotopic (exact) mass is 275 g/mol. The van der Waals surface area contributed by atoms with Crippen molar-refractivity contribution in [1.82, 2.24) is 9.97 Å². The van der Waals surface area contributed by atoms with Crippen LogP contribution in [-0.2, 0) is 17.9 Å². The van der Waals surface area contributed by atoms with Gasteiger partial charge in [0, 0.05) is 13.7 Å². The molecule has 2 aromatic rings. The van der Waals surface area contributed by atoms with Crippen LogP contribution in [0.1, 0.15) is 11.1 Å². The van der Waals surface area contributed by atoms with E-state index in [0.717, 1.165) is 11.1 Å². The number of H-pyrrole nitrogens is 1. The summed E-state index contributed by atoms with van der Waals surface area (Å²) in [5, 5.41) is 3.09. The fraction of sp³-hybridized carbons (Fsp3) is 0.286. The largest absolute Gasteiger partial charge is 0.489 e. The third-order valence-electron chi connectivity index (χ3n) is 2.78. The molecule has 2 N–H and O–H groups in total. The predicted octanol–water partition coefficient (Wildman–Crippen LogP) is 1.54.